The molecule has 0 aliphatic heterocycles. The van der Waals surface area contributed by atoms with Gasteiger partial charge in [-0.2, -0.15) is 0 Å². The van der Waals surface area contributed by atoms with E-state index < -0.39 is 0 Å². The average Bonchev–Trinajstić information content (AvgIpc) is 3.08. The molecule has 3 nitrogen and oxygen atoms in total. The van der Waals surface area contributed by atoms with Crippen molar-refractivity contribution < 1.29 is 9.47 Å². The first-order chi connectivity index (χ1) is 7.67. The van der Waals surface area contributed by atoms with Crippen LogP contribution in [-0.4, -0.2) is 20.3 Å². The molecule has 1 aromatic carbocycles. The molecular weight excluding hydrogens is 202 g/mol. The van der Waals surface area contributed by atoms with E-state index in [2.05, 4.69) is 13.0 Å². The molecule has 0 aromatic heterocycles. The van der Waals surface area contributed by atoms with Crippen molar-refractivity contribution in [1.82, 2.24) is 0 Å². The summed E-state index contributed by atoms with van der Waals surface area (Å²) in [6, 6.07) is 6.20. The van der Waals surface area contributed by atoms with Gasteiger partial charge in [0.25, 0.3) is 0 Å². The van der Waals surface area contributed by atoms with Crippen LogP contribution in [0.5, 0.6) is 11.5 Å². The molecule has 0 bridgehead atoms. The van der Waals surface area contributed by atoms with Crippen molar-refractivity contribution in [1.29, 1.82) is 0 Å². The molecule has 1 saturated carbocycles. The first kappa shape index (κ1) is 11.3. The van der Waals surface area contributed by atoms with Gasteiger partial charge in [-0.15, -0.1) is 0 Å². The number of methoxy groups -OCH3 is 2. The Labute approximate surface area is 96.5 Å². The first-order valence-electron chi connectivity index (χ1n) is 5.65. The minimum atomic E-state index is 0.251. The Hall–Kier alpha value is -1.22. The molecule has 2 rings (SSSR count). The van der Waals surface area contributed by atoms with E-state index in [-0.39, 0.29) is 6.04 Å². The van der Waals surface area contributed by atoms with Crippen LogP contribution < -0.4 is 15.2 Å². The Kier molecular flexibility index (Phi) is 3.06. The molecule has 0 radical (unpaired) electrons. The van der Waals surface area contributed by atoms with Crippen molar-refractivity contribution in [3.63, 3.8) is 0 Å². The summed E-state index contributed by atoms with van der Waals surface area (Å²) in [7, 11) is 3.39. The summed E-state index contributed by atoms with van der Waals surface area (Å²) < 4.78 is 10.6. The molecule has 16 heavy (non-hydrogen) atoms. The average molecular weight is 221 g/mol. The molecule has 0 unspecified atom stereocenters. The van der Waals surface area contributed by atoms with E-state index >= 15 is 0 Å². The Morgan fingerprint density at radius 1 is 1.31 bits per heavy atom. The topological polar surface area (TPSA) is 44.5 Å². The minimum Gasteiger partial charge on any atom is -0.497 e. The number of rotatable bonds is 4. The van der Waals surface area contributed by atoms with Crippen LogP contribution in [0.15, 0.2) is 18.2 Å². The third kappa shape index (κ3) is 2.00. The van der Waals surface area contributed by atoms with Gasteiger partial charge < -0.3 is 15.2 Å². The Morgan fingerprint density at radius 2 is 2.06 bits per heavy atom. The molecule has 3 atom stereocenters. The van der Waals surface area contributed by atoms with Crippen molar-refractivity contribution >= 4 is 0 Å². The summed E-state index contributed by atoms with van der Waals surface area (Å²) in [5, 5.41) is 0. The third-order valence-corrected chi connectivity index (χ3v) is 3.35. The molecule has 1 aliphatic carbocycles. The van der Waals surface area contributed by atoms with Gasteiger partial charge in [0.1, 0.15) is 11.5 Å². The second-order valence-corrected chi connectivity index (χ2v) is 4.47. The highest BCUT2D eigenvalue weighted by Gasteiger charge is 2.42. The quantitative estimate of drug-likeness (QED) is 0.847. The van der Waals surface area contributed by atoms with Crippen LogP contribution in [0.2, 0.25) is 0 Å². The van der Waals surface area contributed by atoms with Gasteiger partial charge in [0.2, 0.25) is 0 Å². The van der Waals surface area contributed by atoms with Crippen LogP contribution in [0, 0.1) is 5.92 Å². The van der Waals surface area contributed by atoms with Crippen LogP contribution in [0.1, 0.15) is 24.8 Å². The van der Waals surface area contributed by atoms with E-state index in [4.69, 9.17) is 15.2 Å². The van der Waals surface area contributed by atoms with E-state index in [1.165, 1.54) is 5.56 Å². The maximum atomic E-state index is 5.92. The lowest BCUT2D eigenvalue weighted by Gasteiger charge is -2.11. The standard InChI is InChI=1S/C13H19NO2/c1-8(14)10-7-11(10)12-6-9(15-2)4-5-13(12)16-3/h4-6,8,10-11H,7,14H2,1-3H3/t8-,10+,11+/m0/s1. The zero-order valence-corrected chi connectivity index (χ0v) is 10.1. The number of hydrogen-bond donors (Lipinski definition) is 1. The monoisotopic (exact) mass is 221 g/mol. The maximum absolute atomic E-state index is 5.92. The van der Waals surface area contributed by atoms with E-state index in [0.717, 1.165) is 17.9 Å². The number of benzene rings is 1. The predicted octanol–water partition coefficient (Wildman–Crippen LogP) is 2.15. The second kappa shape index (κ2) is 4.34. The fraction of sp³-hybridized carbons (Fsp3) is 0.538. The Balaban J connectivity index is 2.25. The molecule has 3 heteroatoms. The molecule has 0 heterocycles. The SMILES string of the molecule is COc1ccc(OC)c([C@@H]2C[C@@H]2[C@H](C)N)c1. The van der Waals surface area contributed by atoms with E-state index in [1.54, 1.807) is 14.2 Å². The minimum absolute atomic E-state index is 0.251. The number of ether oxygens (including phenoxy) is 2. The van der Waals surface area contributed by atoms with Crippen LogP contribution >= 0.6 is 0 Å². The summed E-state index contributed by atoms with van der Waals surface area (Å²) >= 11 is 0. The van der Waals surface area contributed by atoms with Gasteiger partial charge in [0, 0.05) is 11.6 Å². The lowest BCUT2D eigenvalue weighted by molar-refractivity contribution is 0.398. The van der Waals surface area contributed by atoms with E-state index in [1.807, 2.05) is 12.1 Å². The van der Waals surface area contributed by atoms with Crippen molar-refractivity contribution in [2.24, 2.45) is 11.7 Å². The maximum Gasteiger partial charge on any atom is 0.122 e. The summed E-state index contributed by atoms with van der Waals surface area (Å²) in [5.41, 5.74) is 7.14. The number of hydrogen-bond acceptors (Lipinski definition) is 3. The lowest BCUT2D eigenvalue weighted by Crippen LogP contribution is -2.18. The summed E-state index contributed by atoms with van der Waals surface area (Å²) in [5.74, 6) is 2.94. The van der Waals surface area contributed by atoms with Crippen LogP contribution in [-0.2, 0) is 0 Å². The van der Waals surface area contributed by atoms with Gasteiger partial charge >= 0.3 is 0 Å². The lowest BCUT2D eigenvalue weighted by atomic mass is 10.1. The fourth-order valence-electron chi connectivity index (χ4n) is 2.28. The zero-order valence-electron chi connectivity index (χ0n) is 10.1. The summed E-state index contributed by atoms with van der Waals surface area (Å²) in [4.78, 5) is 0. The van der Waals surface area contributed by atoms with Gasteiger partial charge in [-0.1, -0.05) is 0 Å². The van der Waals surface area contributed by atoms with Crippen LogP contribution in [0.25, 0.3) is 0 Å². The Morgan fingerprint density at radius 3 is 2.56 bits per heavy atom. The molecule has 1 aliphatic rings. The molecule has 2 N–H and O–H groups in total. The zero-order chi connectivity index (χ0) is 11.7. The van der Waals surface area contributed by atoms with Gasteiger partial charge in [0.15, 0.2) is 0 Å². The molecule has 88 valence electrons. The Bertz CT molecular complexity index is 376. The summed E-state index contributed by atoms with van der Waals surface area (Å²) in [6.45, 7) is 2.07. The highest BCUT2D eigenvalue weighted by atomic mass is 16.5. The summed E-state index contributed by atoms with van der Waals surface area (Å²) in [6.07, 6.45) is 1.15. The molecule has 0 saturated heterocycles. The molecule has 1 aromatic rings. The van der Waals surface area contributed by atoms with Gasteiger partial charge in [0.05, 0.1) is 14.2 Å². The van der Waals surface area contributed by atoms with Gasteiger partial charge in [-0.25, -0.2) is 0 Å². The normalized spacial score (nSPS) is 25.0. The number of nitrogens with two attached hydrogens (primary N) is 1. The predicted molar refractivity (Wildman–Crippen MR) is 64.0 cm³/mol. The molecular formula is C13H19NO2. The van der Waals surface area contributed by atoms with Crippen molar-refractivity contribution in [3.05, 3.63) is 23.8 Å². The second-order valence-electron chi connectivity index (χ2n) is 4.47. The van der Waals surface area contributed by atoms with E-state index in [0.29, 0.717) is 11.8 Å². The van der Waals surface area contributed by atoms with Gasteiger partial charge in [-0.3, -0.25) is 0 Å². The smallest absolute Gasteiger partial charge is 0.122 e. The molecule has 1 fully saturated rings. The molecule has 0 spiro atoms. The third-order valence-electron chi connectivity index (χ3n) is 3.35. The van der Waals surface area contributed by atoms with Crippen LogP contribution in [0.4, 0.5) is 0 Å². The first-order valence-corrected chi connectivity index (χ1v) is 5.65. The van der Waals surface area contributed by atoms with Crippen molar-refractivity contribution in [3.8, 4) is 11.5 Å². The largest absolute Gasteiger partial charge is 0.497 e. The van der Waals surface area contributed by atoms with Gasteiger partial charge in [-0.05, 0) is 43.4 Å². The van der Waals surface area contributed by atoms with Crippen molar-refractivity contribution in [2.75, 3.05) is 14.2 Å². The van der Waals surface area contributed by atoms with Crippen molar-refractivity contribution in [2.45, 2.75) is 25.3 Å². The van der Waals surface area contributed by atoms with Crippen LogP contribution in [0.3, 0.4) is 0 Å². The highest BCUT2D eigenvalue weighted by Crippen LogP contribution is 2.52. The molecule has 0 amide bonds. The van der Waals surface area contributed by atoms with E-state index in [9.17, 15) is 0 Å². The fourth-order valence-corrected chi connectivity index (χ4v) is 2.28. The highest BCUT2D eigenvalue weighted by molar-refractivity contribution is 5.45.